The summed E-state index contributed by atoms with van der Waals surface area (Å²) in [6.45, 7) is 3.11. The normalized spacial score (nSPS) is 41.8. The first-order chi connectivity index (χ1) is 19.6. The molecule has 8 nitrogen and oxygen atoms in total. The van der Waals surface area contributed by atoms with Crippen LogP contribution in [0.3, 0.4) is 0 Å². The molecule has 0 radical (unpaired) electrons. The molecule has 4 saturated carbocycles. The quantitative estimate of drug-likeness (QED) is 0.336. The van der Waals surface area contributed by atoms with Crippen molar-refractivity contribution in [3.63, 3.8) is 0 Å². The Bertz CT molecular complexity index is 1250. The highest BCUT2D eigenvalue weighted by atomic mass is 16.5. The van der Waals surface area contributed by atoms with E-state index in [1.807, 2.05) is 24.4 Å². The van der Waals surface area contributed by atoms with E-state index < -0.39 is 22.7 Å². The van der Waals surface area contributed by atoms with Gasteiger partial charge in [-0.1, -0.05) is 13.0 Å². The van der Waals surface area contributed by atoms with Crippen LogP contribution in [0, 0.1) is 28.6 Å². The molecule has 0 aromatic heterocycles. The van der Waals surface area contributed by atoms with Gasteiger partial charge in [0.2, 0.25) is 0 Å². The molecule has 224 valence electrons. The summed E-state index contributed by atoms with van der Waals surface area (Å²) < 4.78 is 16.1. The zero-order valence-electron chi connectivity index (χ0n) is 24.6. The molecule has 1 aromatic carbocycles. The number of rotatable bonds is 7. The van der Waals surface area contributed by atoms with Crippen molar-refractivity contribution in [3.05, 3.63) is 35.4 Å². The summed E-state index contributed by atoms with van der Waals surface area (Å²) in [5, 5.41) is 35.4. The number of nitrogens with zero attached hydrogens (tertiary/aromatic N) is 1. The molecule has 0 amide bonds. The molecular weight excluding hydrogens is 522 g/mol. The van der Waals surface area contributed by atoms with Crippen molar-refractivity contribution in [2.24, 2.45) is 33.6 Å². The maximum absolute atomic E-state index is 12.6. The standard InChI is InChI=1S/C33H45NO7/c1-30-11-7-25-26(33(30,38)14-9-24(30)22-17-29(36)41-19-22)8-13-32(37)18-23(35)6-12-31(25,32)20-34-15-10-21-4-5-27(39-2)28(16-21)40-3/h4-5,16-17,20,23-26,35,37-38H,6-15,18-19H2,1-3H3/t23-,24+,25+,26+,30+,31-,32+,33-/m0/s1. The number of aliphatic hydroxyl groups excluding tert-OH is 1. The van der Waals surface area contributed by atoms with Crippen LogP contribution in [-0.4, -0.2) is 72.2 Å². The number of fused-ring (bicyclic) bond motifs is 5. The molecule has 0 saturated heterocycles. The number of aliphatic imine (C=N–C) groups is 1. The second-order valence-corrected chi connectivity index (χ2v) is 13.5. The molecule has 1 aromatic rings. The lowest BCUT2D eigenvalue weighted by Gasteiger charge is -2.65. The van der Waals surface area contributed by atoms with Crippen LogP contribution in [0.5, 0.6) is 11.5 Å². The highest BCUT2D eigenvalue weighted by Crippen LogP contribution is 2.70. The fourth-order valence-electron chi connectivity index (χ4n) is 9.82. The monoisotopic (exact) mass is 567 g/mol. The maximum Gasteiger partial charge on any atom is 0.331 e. The van der Waals surface area contributed by atoms with Crippen LogP contribution in [0.1, 0.15) is 70.3 Å². The average Bonchev–Trinajstić information content (AvgIpc) is 3.50. The van der Waals surface area contributed by atoms with E-state index in [2.05, 4.69) is 6.92 Å². The zero-order chi connectivity index (χ0) is 29.0. The molecule has 4 aliphatic carbocycles. The third-order valence-electron chi connectivity index (χ3n) is 11.9. The van der Waals surface area contributed by atoms with E-state index in [-0.39, 0.29) is 29.1 Å². The molecule has 3 N–H and O–H groups in total. The smallest absolute Gasteiger partial charge is 0.331 e. The lowest BCUT2D eigenvalue weighted by molar-refractivity contribution is -0.237. The summed E-state index contributed by atoms with van der Waals surface area (Å²) in [7, 11) is 3.25. The molecule has 1 aliphatic heterocycles. The summed E-state index contributed by atoms with van der Waals surface area (Å²) >= 11 is 0. The molecule has 0 bridgehead atoms. The number of carbonyl (C=O) groups is 1. The first-order valence-corrected chi connectivity index (χ1v) is 15.3. The number of cyclic esters (lactones) is 1. The minimum absolute atomic E-state index is 0.0256. The van der Waals surface area contributed by atoms with Gasteiger partial charge in [-0.15, -0.1) is 0 Å². The first kappa shape index (κ1) is 28.7. The van der Waals surface area contributed by atoms with Crippen LogP contribution in [-0.2, 0) is 16.0 Å². The lowest BCUT2D eigenvalue weighted by atomic mass is 9.41. The van der Waals surface area contributed by atoms with Crippen LogP contribution in [0.4, 0.5) is 0 Å². The Morgan fingerprint density at radius 1 is 1.02 bits per heavy atom. The van der Waals surface area contributed by atoms with Crippen molar-refractivity contribution in [3.8, 4) is 11.5 Å². The average molecular weight is 568 g/mol. The molecule has 41 heavy (non-hydrogen) atoms. The van der Waals surface area contributed by atoms with Crippen molar-refractivity contribution < 1.29 is 34.3 Å². The predicted octanol–water partition coefficient (Wildman–Crippen LogP) is 4.03. The summed E-state index contributed by atoms with van der Waals surface area (Å²) in [6.07, 6.45) is 10.00. The highest BCUT2D eigenvalue weighted by molar-refractivity contribution is 5.85. The number of hydrogen-bond acceptors (Lipinski definition) is 8. The predicted molar refractivity (Wildman–Crippen MR) is 154 cm³/mol. The van der Waals surface area contributed by atoms with Gasteiger partial charge in [0.05, 0.1) is 31.5 Å². The Balaban J connectivity index is 1.27. The van der Waals surface area contributed by atoms with Crippen molar-refractivity contribution in [1.82, 2.24) is 0 Å². The highest BCUT2D eigenvalue weighted by Gasteiger charge is 2.71. The van der Waals surface area contributed by atoms with Gasteiger partial charge in [-0.25, -0.2) is 4.79 Å². The zero-order valence-corrected chi connectivity index (χ0v) is 24.6. The first-order valence-electron chi connectivity index (χ1n) is 15.3. The minimum Gasteiger partial charge on any atom is -0.493 e. The molecular formula is C33H45NO7. The number of hydrogen-bond donors (Lipinski definition) is 3. The summed E-state index contributed by atoms with van der Waals surface area (Å²) in [6, 6.07) is 5.90. The van der Waals surface area contributed by atoms with Crippen molar-refractivity contribution in [2.45, 2.75) is 88.4 Å². The molecule has 4 fully saturated rings. The fourth-order valence-corrected chi connectivity index (χ4v) is 9.82. The van der Waals surface area contributed by atoms with Gasteiger partial charge in [0.1, 0.15) is 6.61 Å². The van der Waals surface area contributed by atoms with Gasteiger partial charge in [-0.2, -0.15) is 0 Å². The second kappa shape index (κ2) is 10.4. The fraction of sp³-hybridized carbons (Fsp3) is 0.697. The molecule has 6 rings (SSSR count). The molecule has 0 spiro atoms. The number of methoxy groups -OCH3 is 2. The number of esters is 1. The molecule has 5 aliphatic rings. The van der Waals surface area contributed by atoms with Gasteiger partial charge in [0.15, 0.2) is 11.5 Å². The van der Waals surface area contributed by atoms with Crippen LogP contribution < -0.4 is 9.47 Å². The van der Waals surface area contributed by atoms with Crippen LogP contribution >= 0.6 is 0 Å². The number of ether oxygens (including phenoxy) is 3. The lowest BCUT2D eigenvalue weighted by Crippen LogP contribution is -2.68. The summed E-state index contributed by atoms with van der Waals surface area (Å²) in [4.78, 5) is 16.8. The second-order valence-electron chi connectivity index (χ2n) is 13.5. The molecule has 8 atom stereocenters. The molecule has 1 heterocycles. The Hall–Kier alpha value is -2.42. The SMILES string of the molecule is COc1ccc(CCN=C[C@]23CC[C@H](O)C[C@]2(O)CC[C@@H]2[C@H]3CC[C@]3(C)[C@@H](C4=CC(=O)OC4)CC[C@]23O)cc1OC. The van der Waals surface area contributed by atoms with E-state index in [0.29, 0.717) is 56.8 Å². The molecule has 8 heteroatoms. The number of benzene rings is 1. The molecule has 0 unspecified atom stereocenters. The van der Waals surface area contributed by atoms with Gasteiger partial charge in [0.25, 0.3) is 0 Å². The summed E-state index contributed by atoms with van der Waals surface area (Å²) in [5.41, 5.74) is -0.750. The van der Waals surface area contributed by atoms with Gasteiger partial charge < -0.3 is 29.5 Å². The largest absolute Gasteiger partial charge is 0.493 e. The van der Waals surface area contributed by atoms with Gasteiger partial charge >= 0.3 is 5.97 Å². The van der Waals surface area contributed by atoms with E-state index in [4.69, 9.17) is 19.2 Å². The van der Waals surface area contributed by atoms with Crippen molar-refractivity contribution in [2.75, 3.05) is 27.4 Å². The van der Waals surface area contributed by atoms with Crippen molar-refractivity contribution in [1.29, 1.82) is 0 Å². The van der Waals surface area contributed by atoms with E-state index in [0.717, 1.165) is 43.2 Å². The van der Waals surface area contributed by atoms with E-state index in [1.165, 1.54) is 0 Å². The Morgan fingerprint density at radius 3 is 2.54 bits per heavy atom. The van der Waals surface area contributed by atoms with Gasteiger partial charge in [-0.05, 0) is 98.8 Å². The summed E-state index contributed by atoms with van der Waals surface area (Å²) in [5.74, 6) is 1.33. The van der Waals surface area contributed by atoms with Crippen molar-refractivity contribution >= 4 is 12.2 Å². The third kappa shape index (κ3) is 4.35. The Kier molecular flexibility index (Phi) is 7.27. The van der Waals surface area contributed by atoms with Crippen LogP contribution in [0.15, 0.2) is 34.8 Å². The van der Waals surface area contributed by atoms with E-state index in [1.54, 1.807) is 20.3 Å². The maximum atomic E-state index is 12.6. The van der Waals surface area contributed by atoms with Crippen LogP contribution in [0.2, 0.25) is 0 Å². The van der Waals surface area contributed by atoms with Gasteiger partial charge in [-0.3, -0.25) is 4.99 Å². The Morgan fingerprint density at radius 2 is 1.80 bits per heavy atom. The van der Waals surface area contributed by atoms with Crippen LogP contribution in [0.25, 0.3) is 0 Å². The van der Waals surface area contributed by atoms with E-state index >= 15 is 0 Å². The number of aliphatic hydroxyl groups is 3. The Labute approximate surface area is 242 Å². The topological polar surface area (TPSA) is 118 Å². The van der Waals surface area contributed by atoms with E-state index in [9.17, 15) is 20.1 Å². The number of carbonyl (C=O) groups excluding carboxylic acids is 1. The minimum atomic E-state index is -1.05. The van der Waals surface area contributed by atoms with Gasteiger partial charge in [0, 0.05) is 36.1 Å². The third-order valence-corrected chi connectivity index (χ3v) is 11.9.